The Morgan fingerprint density at radius 2 is 1.73 bits per heavy atom. The molecule has 1 aliphatic heterocycles. The molecule has 4 rings (SSSR count). The van der Waals surface area contributed by atoms with Crippen molar-refractivity contribution in [1.82, 2.24) is 9.78 Å². The van der Waals surface area contributed by atoms with Crippen LogP contribution in [0.4, 0.5) is 11.4 Å². The number of hydrogen-bond donors (Lipinski definition) is 1. The van der Waals surface area contributed by atoms with Crippen molar-refractivity contribution in [3.63, 3.8) is 0 Å². The highest BCUT2D eigenvalue weighted by atomic mass is 15.4. The summed E-state index contributed by atoms with van der Waals surface area (Å²) in [6, 6.07) is 17.6. The molecule has 1 unspecified atom stereocenters. The summed E-state index contributed by atoms with van der Waals surface area (Å²) < 4.78 is 2.11. The van der Waals surface area contributed by atoms with E-state index < -0.39 is 0 Å². The largest absolute Gasteiger partial charge is 0.372 e. The average Bonchev–Trinajstić information content (AvgIpc) is 3.05. The minimum atomic E-state index is 0.0136. The van der Waals surface area contributed by atoms with Crippen molar-refractivity contribution in [2.45, 2.75) is 33.9 Å². The summed E-state index contributed by atoms with van der Waals surface area (Å²) in [5, 5.41) is 8.44. The van der Waals surface area contributed by atoms with Crippen LogP contribution in [0.5, 0.6) is 0 Å². The highest BCUT2D eigenvalue weighted by Crippen LogP contribution is 2.39. The normalized spacial score (nSPS) is 15.2. The highest BCUT2D eigenvalue weighted by molar-refractivity contribution is 5.79. The third-order valence-electron chi connectivity index (χ3n) is 5.18. The Morgan fingerprint density at radius 1 is 1.00 bits per heavy atom. The van der Waals surface area contributed by atoms with E-state index >= 15 is 0 Å². The van der Waals surface area contributed by atoms with Crippen LogP contribution in [0.3, 0.4) is 0 Å². The van der Waals surface area contributed by atoms with Crippen LogP contribution in [0.2, 0.25) is 0 Å². The number of aromatic nitrogens is 2. The Labute approximate surface area is 155 Å². The van der Waals surface area contributed by atoms with E-state index in [2.05, 4.69) is 91.1 Å². The zero-order chi connectivity index (χ0) is 18.3. The fourth-order valence-corrected chi connectivity index (χ4v) is 3.80. The fourth-order valence-electron chi connectivity index (χ4n) is 3.80. The number of hydrogen-bond acceptors (Lipinski definition) is 3. The summed E-state index contributed by atoms with van der Waals surface area (Å²) in [6.45, 7) is 10.6. The van der Waals surface area contributed by atoms with Crippen LogP contribution in [0.15, 0.2) is 48.5 Å². The van der Waals surface area contributed by atoms with Crippen LogP contribution in [0.25, 0.3) is 11.3 Å². The third-order valence-corrected chi connectivity index (χ3v) is 5.18. The third kappa shape index (κ3) is 2.75. The van der Waals surface area contributed by atoms with Gasteiger partial charge in [0.05, 0.1) is 11.4 Å². The first-order chi connectivity index (χ1) is 12.6. The van der Waals surface area contributed by atoms with Crippen LogP contribution in [0, 0.1) is 13.8 Å². The molecule has 0 radical (unpaired) electrons. The lowest BCUT2D eigenvalue weighted by atomic mass is 10.0. The molecule has 1 aromatic heterocycles. The Balaban J connectivity index is 1.75. The molecule has 1 aliphatic rings. The summed E-state index contributed by atoms with van der Waals surface area (Å²) in [6.07, 6.45) is 0.0136. The molecule has 1 N–H and O–H groups in total. The quantitative estimate of drug-likeness (QED) is 0.723. The molecule has 134 valence electrons. The van der Waals surface area contributed by atoms with E-state index in [0.717, 1.165) is 18.8 Å². The van der Waals surface area contributed by atoms with E-state index in [4.69, 9.17) is 5.10 Å². The van der Waals surface area contributed by atoms with Crippen molar-refractivity contribution in [1.29, 1.82) is 0 Å². The summed E-state index contributed by atoms with van der Waals surface area (Å²) in [7, 11) is 0. The lowest BCUT2D eigenvalue weighted by Crippen LogP contribution is -2.26. The van der Waals surface area contributed by atoms with Crippen molar-refractivity contribution in [2.75, 3.05) is 23.3 Å². The number of aryl methyl sites for hydroxylation is 2. The second-order valence-electron chi connectivity index (χ2n) is 6.98. The van der Waals surface area contributed by atoms with Crippen molar-refractivity contribution in [3.05, 3.63) is 65.4 Å². The molecule has 0 amide bonds. The molecule has 2 heterocycles. The van der Waals surface area contributed by atoms with Crippen molar-refractivity contribution in [3.8, 4) is 11.3 Å². The van der Waals surface area contributed by atoms with Gasteiger partial charge >= 0.3 is 0 Å². The van der Waals surface area contributed by atoms with E-state index in [1.165, 1.54) is 33.8 Å². The average molecular weight is 346 g/mol. The summed E-state index contributed by atoms with van der Waals surface area (Å²) in [5.74, 6) is 0. The predicted octanol–water partition coefficient (Wildman–Crippen LogP) is 4.99. The number of anilines is 2. The summed E-state index contributed by atoms with van der Waals surface area (Å²) >= 11 is 0. The Kier molecular flexibility index (Phi) is 4.19. The van der Waals surface area contributed by atoms with Crippen LogP contribution >= 0.6 is 0 Å². The van der Waals surface area contributed by atoms with Gasteiger partial charge in [0.25, 0.3) is 0 Å². The van der Waals surface area contributed by atoms with Gasteiger partial charge in [-0.15, -0.1) is 0 Å². The summed E-state index contributed by atoms with van der Waals surface area (Å²) in [5.41, 5.74) is 8.36. The zero-order valence-electron chi connectivity index (χ0n) is 16.0. The van der Waals surface area contributed by atoms with Gasteiger partial charge in [-0.3, -0.25) is 0 Å². The fraction of sp³-hybridized carbons (Fsp3) is 0.318. The zero-order valence-corrected chi connectivity index (χ0v) is 16.0. The minimum Gasteiger partial charge on any atom is -0.372 e. The highest BCUT2D eigenvalue weighted by Gasteiger charge is 2.26. The van der Waals surface area contributed by atoms with Gasteiger partial charge < -0.3 is 10.2 Å². The van der Waals surface area contributed by atoms with E-state index in [0.29, 0.717) is 0 Å². The molecule has 1 atom stereocenters. The number of nitrogens with one attached hydrogen (secondary N) is 1. The van der Waals surface area contributed by atoms with Gasteiger partial charge in [-0.2, -0.15) is 5.10 Å². The number of benzene rings is 2. The second-order valence-corrected chi connectivity index (χ2v) is 6.98. The van der Waals surface area contributed by atoms with Crippen LogP contribution in [0.1, 0.15) is 36.8 Å². The summed E-state index contributed by atoms with van der Waals surface area (Å²) in [4.78, 5) is 2.36. The first kappa shape index (κ1) is 16.7. The standard InChI is InChI=1S/C22H26N4/c1-5-25(6-2)18-10-8-17(9-11-18)22-23-20-12-7-15(3)13-19(20)21-14-16(4)24-26(21)22/h7-14,22-23H,5-6H2,1-4H3. The lowest BCUT2D eigenvalue weighted by molar-refractivity contribution is 0.571. The molecular formula is C22H26N4. The van der Waals surface area contributed by atoms with Gasteiger partial charge in [0, 0.05) is 30.0 Å². The molecule has 2 aromatic carbocycles. The monoisotopic (exact) mass is 346 g/mol. The first-order valence-corrected chi connectivity index (χ1v) is 9.39. The number of rotatable bonds is 4. The van der Waals surface area contributed by atoms with E-state index in [-0.39, 0.29) is 6.17 Å². The van der Waals surface area contributed by atoms with Crippen LogP contribution < -0.4 is 10.2 Å². The van der Waals surface area contributed by atoms with Crippen molar-refractivity contribution < 1.29 is 0 Å². The predicted molar refractivity (Wildman–Crippen MR) is 109 cm³/mol. The Hall–Kier alpha value is -2.75. The molecule has 0 bridgehead atoms. The number of fused-ring (bicyclic) bond motifs is 3. The molecule has 0 fully saturated rings. The Morgan fingerprint density at radius 3 is 2.42 bits per heavy atom. The van der Waals surface area contributed by atoms with Gasteiger partial charge in [0.15, 0.2) is 0 Å². The van der Waals surface area contributed by atoms with Gasteiger partial charge in [-0.25, -0.2) is 4.68 Å². The van der Waals surface area contributed by atoms with E-state index in [9.17, 15) is 0 Å². The second kappa shape index (κ2) is 6.52. The Bertz CT molecular complexity index is 920. The first-order valence-electron chi connectivity index (χ1n) is 9.39. The maximum atomic E-state index is 4.77. The van der Waals surface area contributed by atoms with E-state index in [1.54, 1.807) is 0 Å². The minimum absolute atomic E-state index is 0.0136. The maximum absolute atomic E-state index is 4.77. The maximum Gasteiger partial charge on any atom is 0.147 e. The molecule has 0 spiro atoms. The number of nitrogens with zero attached hydrogens (tertiary/aromatic N) is 3. The molecule has 0 saturated heterocycles. The topological polar surface area (TPSA) is 33.1 Å². The van der Waals surface area contributed by atoms with Gasteiger partial charge in [-0.05, 0) is 63.6 Å². The van der Waals surface area contributed by atoms with Crippen molar-refractivity contribution >= 4 is 11.4 Å². The molecule has 3 aromatic rings. The van der Waals surface area contributed by atoms with Gasteiger partial charge in [0.2, 0.25) is 0 Å². The molecule has 4 heteroatoms. The van der Waals surface area contributed by atoms with Gasteiger partial charge in [-0.1, -0.05) is 23.8 Å². The van der Waals surface area contributed by atoms with E-state index in [1.807, 2.05) is 0 Å². The van der Waals surface area contributed by atoms with Crippen LogP contribution in [-0.4, -0.2) is 22.9 Å². The smallest absolute Gasteiger partial charge is 0.147 e. The molecule has 26 heavy (non-hydrogen) atoms. The van der Waals surface area contributed by atoms with Gasteiger partial charge in [0.1, 0.15) is 6.17 Å². The lowest BCUT2D eigenvalue weighted by Gasteiger charge is -2.30. The molecule has 0 aliphatic carbocycles. The van der Waals surface area contributed by atoms with Crippen molar-refractivity contribution in [2.24, 2.45) is 0 Å². The van der Waals surface area contributed by atoms with Crippen LogP contribution in [-0.2, 0) is 0 Å². The molecular weight excluding hydrogens is 320 g/mol. The molecule has 0 saturated carbocycles. The SMILES string of the molecule is CCN(CC)c1ccc(C2Nc3ccc(C)cc3-c3cc(C)nn32)cc1. The molecule has 4 nitrogen and oxygen atoms in total.